The van der Waals surface area contributed by atoms with Gasteiger partial charge >= 0.3 is 0 Å². The second kappa shape index (κ2) is 5.12. The Balaban J connectivity index is 2.47. The smallest absolute Gasteiger partial charge is 0.261 e. The Morgan fingerprint density at radius 1 is 1.71 bits per heavy atom. The molecule has 0 aliphatic heterocycles. The molecule has 1 atom stereocenters. The van der Waals surface area contributed by atoms with E-state index in [1.807, 2.05) is 25.3 Å². The van der Waals surface area contributed by atoms with E-state index in [1.54, 1.807) is 0 Å². The van der Waals surface area contributed by atoms with E-state index in [0.717, 1.165) is 10.4 Å². The molecule has 0 aliphatic rings. The molecule has 3 nitrogen and oxygen atoms in total. The molecule has 1 aromatic heterocycles. The predicted octanol–water partition coefficient (Wildman–Crippen LogP) is 1.38. The molecule has 0 spiro atoms. The fourth-order valence-electron chi connectivity index (χ4n) is 1.04. The first kappa shape index (κ1) is 11.2. The first-order valence-electron chi connectivity index (χ1n) is 4.67. The van der Waals surface area contributed by atoms with Crippen LogP contribution in [0.3, 0.4) is 0 Å². The first-order chi connectivity index (χ1) is 6.65. The van der Waals surface area contributed by atoms with E-state index in [2.05, 4.69) is 5.32 Å². The van der Waals surface area contributed by atoms with Crippen LogP contribution in [0.25, 0.3) is 0 Å². The van der Waals surface area contributed by atoms with Crippen LogP contribution >= 0.6 is 11.3 Å². The Hall–Kier alpha value is -0.870. The van der Waals surface area contributed by atoms with Crippen LogP contribution in [-0.2, 0) is 0 Å². The van der Waals surface area contributed by atoms with Crippen molar-refractivity contribution in [2.24, 2.45) is 11.7 Å². The number of rotatable bonds is 4. The van der Waals surface area contributed by atoms with Gasteiger partial charge in [0.15, 0.2) is 0 Å². The predicted molar refractivity (Wildman–Crippen MR) is 59.6 cm³/mol. The number of carbonyl (C=O) groups is 1. The van der Waals surface area contributed by atoms with Crippen LogP contribution in [0, 0.1) is 12.8 Å². The zero-order valence-corrected chi connectivity index (χ0v) is 9.36. The van der Waals surface area contributed by atoms with Crippen LogP contribution in [0.2, 0.25) is 0 Å². The molecule has 78 valence electrons. The molecule has 0 bridgehead atoms. The molecule has 1 rings (SSSR count). The Morgan fingerprint density at radius 2 is 2.43 bits per heavy atom. The molecule has 0 radical (unpaired) electrons. The topological polar surface area (TPSA) is 55.1 Å². The van der Waals surface area contributed by atoms with Gasteiger partial charge in [0.25, 0.3) is 5.91 Å². The summed E-state index contributed by atoms with van der Waals surface area (Å²) in [6, 6.07) is 1.95. The zero-order valence-electron chi connectivity index (χ0n) is 8.54. The summed E-state index contributed by atoms with van der Waals surface area (Å²) in [5.41, 5.74) is 6.49. The van der Waals surface area contributed by atoms with Gasteiger partial charge in [-0.05, 0) is 36.4 Å². The summed E-state index contributed by atoms with van der Waals surface area (Å²) in [6.45, 7) is 5.20. The third-order valence-corrected chi connectivity index (χ3v) is 3.10. The van der Waals surface area contributed by atoms with Crippen LogP contribution in [0.4, 0.5) is 0 Å². The normalized spacial score (nSPS) is 12.5. The summed E-state index contributed by atoms with van der Waals surface area (Å²) in [7, 11) is 0. The molecule has 1 unspecified atom stereocenters. The Kier molecular flexibility index (Phi) is 4.10. The zero-order chi connectivity index (χ0) is 10.6. The van der Waals surface area contributed by atoms with Crippen LogP contribution in [0.1, 0.15) is 22.2 Å². The van der Waals surface area contributed by atoms with Crippen molar-refractivity contribution in [3.8, 4) is 0 Å². The maximum atomic E-state index is 11.6. The molecule has 0 aromatic carbocycles. The first-order valence-corrected chi connectivity index (χ1v) is 5.55. The van der Waals surface area contributed by atoms with Crippen molar-refractivity contribution in [1.82, 2.24) is 5.32 Å². The number of thiophene rings is 1. The molecule has 0 aliphatic carbocycles. The van der Waals surface area contributed by atoms with E-state index in [1.165, 1.54) is 11.3 Å². The molecule has 1 amide bonds. The van der Waals surface area contributed by atoms with Gasteiger partial charge in [0, 0.05) is 6.54 Å². The fourth-order valence-corrected chi connectivity index (χ4v) is 1.88. The second-order valence-electron chi connectivity index (χ2n) is 3.48. The lowest BCUT2D eigenvalue weighted by atomic mass is 10.2. The number of hydrogen-bond acceptors (Lipinski definition) is 3. The standard InChI is InChI=1S/C10H16N2OS/c1-7(5-11)6-12-10(13)9-8(2)3-4-14-9/h3-4,7H,5-6,11H2,1-2H3,(H,12,13). The molecule has 3 N–H and O–H groups in total. The lowest BCUT2D eigenvalue weighted by molar-refractivity contribution is 0.0952. The molecular weight excluding hydrogens is 196 g/mol. The minimum Gasteiger partial charge on any atom is -0.351 e. The van der Waals surface area contributed by atoms with Gasteiger partial charge < -0.3 is 11.1 Å². The van der Waals surface area contributed by atoms with Crippen molar-refractivity contribution in [3.63, 3.8) is 0 Å². The number of amides is 1. The van der Waals surface area contributed by atoms with Crippen molar-refractivity contribution in [2.75, 3.05) is 13.1 Å². The van der Waals surface area contributed by atoms with Crippen molar-refractivity contribution in [3.05, 3.63) is 21.9 Å². The average molecular weight is 212 g/mol. The molecule has 4 heteroatoms. The van der Waals surface area contributed by atoms with Gasteiger partial charge in [-0.1, -0.05) is 6.92 Å². The van der Waals surface area contributed by atoms with Crippen LogP contribution < -0.4 is 11.1 Å². The summed E-state index contributed by atoms with van der Waals surface area (Å²) in [5.74, 6) is 0.344. The van der Waals surface area contributed by atoms with Crippen molar-refractivity contribution < 1.29 is 4.79 Å². The van der Waals surface area contributed by atoms with Gasteiger partial charge in [0.05, 0.1) is 4.88 Å². The minimum absolute atomic E-state index is 0.0119. The maximum Gasteiger partial charge on any atom is 0.261 e. The monoisotopic (exact) mass is 212 g/mol. The van der Waals surface area contributed by atoms with E-state index >= 15 is 0 Å². The lowest BCUT2D eigenvalue weighted by Gasteiger charge is -2.09. The summed E-state index contributed by atoms with van der Waals surface area (Å²) in [6.07, 6.45) is 0. The fraction of sp³-hybridized carbons (Fsp3) is 0.500. The minimum atomic E-state index is 0.0119. The highest BCUT2D eigenvalue weighted by atomic mass is 32.1. The highest BCUT2D eigenvalue weighted by Crippen LogP contribution is 2.14. The van der Waals surface area contributed by atoms with E-state index in [4.69, 9.17) is 5.73 Å². The molecule has 0 fully saturated rings. The average Bonchev–Trinajstić information content (AvgIpc) is 2.60. The van der Waals surface area contributed by atoms with Crippen molar-refractivity contribution in [2.45, 2.75) is 13.8 Å². The molecule has 0 saturated heterocycles. The van der Waals surface area contributed by atoms with E-state index in [0.29, 0.717) is 19.0 Å². The van der Waals surface area contributed by atoms with Crippen LogP contribution in [-0.4, -0.2) is 19.0 Å². The van der Waals surface area contributed by atoms with Crippen LogP contribution in [0.5, 0.6) is 0 Å². The summed E-state index contributed by atoms with van der Waals surface area (Å²) in [5, 5.41) is 4.80. The van der Waals surface area contributed by atoms with E-state index in [9.17, 15) is 4.79 Å². The van der Waals surface area contributed by atoms with Crippen molar-refractivity contribution in [1.29, 1.82) is 0 Å². The molecule has 1 heterocycles. The quantitative estimate of drug-likeness (QED) is 0.792. The number of nitrogens with one attached hydrogen (secondary N) is 1. The van der Waals surface area contributed by atoms with Crippen LogP contribution in [0.15, 0.2) is 11.4 Å². The van der Waals surface area contributed by atoms with Gasteiger partial charge in [0.2, 0.25) is 0 Å². The number of carbonyl (C=O) groups excluding carboxylic acids is 1. The summed E-state index contributed by atoms with van der Waals surface area (Å²) < 4.78 is 0. The second-order valence-corrected chi connectivity index (χ2v) is 4.40. The Labute approximate surface area is 88.3 Å². The summed E-state index contributed by atoms with van der Waals surface area (Å²) >= 11 is 1.47. The van der Waals surface area contributed by atoms with E-state index in [-0.39, 0.29) is 5.91 Å². The van der Waals surface area contributed by atoms with Gasteiger partial charge in [0.1, 0.15) is 0 Å². The third-order valence-electron chi connectivity index (χ3n) is 2.08. The third kappa shape index (κ3) is 2.82. The van der Waals surface area contributed by atoms with Gasteiger partial charge in [-0.2, -0.15) is 0 Å². The molecular formula is C10H16N2OS. The van der Waals surface area contributed by atoms with Gasteiger partial charge in [-0.3, -0.25) is 4.79 Å². The SMILES string of the molecule is Cc1ccsc1C(=O)NCC(C)CN. The van der Waals surface area contributed by atoms with Gasteiger partial charge in [-0.25, -0.2) is 0 Å². The maximum absolute atomic E-state index is 11.6. The highest BCUT2D eigenvalue weighted by molar-refractivity contribution is 7.12. The number of aryl methyl sites for hydroxylation is 1. The number of hydrogen-bond donors (Lipinski definition) is 2. The highest BCUT2D eigenvalue weighted by Gasteiger charge is 2.10. The molecule has 14 heavy (non-hydrogen) atoms. The number of nitrogens with two attached hydrogens (primary N) is 1. The molecule has 1 aromatic rings. The largest absolute Gasteiger partial charge is 0.351 e. The Morgan fingerprint density at radius 3 is 2.93 bits per heavy atom. The summed E-state index contributed by atoms with van der Waals surface area (Å²) in [4.78, 5) is 12.4. The molecule has 0 saturated carbocycles. The van der Waals surface area contributed by atoms with E-state index < -0.39 is 0 Å². The Bertz CT molecular complexity index is 309. The lowest BCUT2D eigenvalue weighted by Crippen LogP contribution is -2.31. The van der Waals surface area contributed by atoms with Gasteiger partial charge in [-0.15, -0.1) is 11.3 Å². The van der Waals surface area contributed by atoms with Crippen molar-refractivity contribution >= 4 is 17.2 Å².